The summed E-state index contributed by atoms with van der Waals surface area (Å²) in [5, 5.41) is 2.57. The van der Waals surface area contributed by atoms with E-state index in [2.05, 4.69) is 11.9 Å². The van der Waals surface area contributed by atoms with Crippen molar-refractivity contribution in [2.45, 2.75) is 52.2 Å². The minimum absolute atomic E-state index is 0.137. The third kappa shape index (κ3) is 11.2. The summed E-state index contributed by atoms with van der Waals surface area (Å²) >= 11 is 0. The van der Waals surface area contributed by atoms with Crippen molar-refractivity contribution in [3.8, 4) is 0 Å². The van der Waals surface area contributed by atoms with Gasteiger partial charge in [-0.05, 0) is 46.1 Å². The normalized spacial score (nSPS) is 13.4. The number of hydrogen-bond acceptors (Lipinski definition) is 4. The van der Waals surface area contributed by atoms with Crippen LogP contribution in [0.1, 0.15) is 40.5 Å². The number of ether oxygens (including phenoxy) is 1. The molecule has 0 aliphatic heterocycles. The zero-order valence-electron chi connectivity index (χ0n) is 13.9. The minimum Gasteiger partial charge on any atom is -0.444 e. The Balaban J connectivity index is 4.45. The van der Waals surface area contributed by atoms with Crippen molar-refractivity contribution in [1.82, 2.24) is 5.32 Å². The molecule has 0 saturated carbocycles. The standard InChI is InChI=1S/C15H27NO4S/c1-11(10-21(6,7)19)8-9-13(12(2)17)16-14(18)20-15(3,4)5/h13H,1,8-10H2,2-7H3/p+1/t13-/m0/s1. The van der Waals surface area contributed by atoms with Crippen LogP contribution in [-0.2, 0) is 23.7 Å². The SMILES string of the molecule is C=C(CC[C@H](NC(=O)OC(C)(C)C)C(C)=O)C[S+](C)(C)=O. The number of Topliss-reactive ketones (excluding diaryl/α,β-unsaturated/α-hetero) is 1. The van der Waals surface area contributed by atoms with E-state index >= 15 is 0 Å². The summed E-state index contributed by atoms with van der Waals surface area (Å²) in [5.74, 6) is 0.298. The Morgan fingerprint density at radius 2 is 1.81 bits per heavy atom. The van der Waals surface area contributed by atoms with Crippen LogP contribution in [0.5, 0.6) is 0 Å². The Kier molecular flexibility index (Phi) is 7.30. The number of amides is 1. The molecule has 6 heteroatoms. The van der Waals surface area contributed by atoms with Crippen molar-refractivity contribution in [3.05, 3.63) is 12.2 Å². The monoisotopic (exact) mass is 318 g/mol. The zero-order valence-corrected chi connectivity index (χ0v) is 14.8. The zero-order chi connectivity index (χ0) is 16.8. The van der Waals surface area contributed by atoms with E-state index in [1.807, 2.05) is 0 Å². The fourth-order valence-electron chi connectivity index (χ4n) is 1.74. The van der Waals surface area contributed by atoms with Gasteiger partial charge < -0.3 is 10.1 Å². The van der Waals surface area contributed by atoms with Crippen LogP contribution in [0.25, 0.3) is 0 Å². The molecule has 0 heterocycles. The quantitative estimate of drug-likeness (QED) is 0.578. The molecule has 0 spiro atoms. The highest BCUT2D eigenvalue weighted by molar-refractivity contribution is 8.01. The average Bonchev–Trinajstić information content (AvgIpc) is 2.18. The molecule has 0 rings (SSSR count). The van der Waals surface area contributed by atoms with Gasteiger partial charge in [-0.1, -0.05) is 6.58 Å². The van der Waals surface area contributed by atoms with Crippen LogP contribution in [0.3, 0.4) is 0 Å². The first-order chi connectivity index (χ1) is 9.30. The number of hydrogen-bond donors (Lipinski definition) is 1. The third-order valence-electron chi connectivity index (χ3n) is 2.52. The lowest BCUT2D eigenvalue weighted by Gasteiger charge is -2.22. The second-order valence-electron chi connectivity index (χ2n) is 6.68. The molecule has 1 amide bonds. The first-order valence-corrected chi connectivity index (χ1v) is 9.43. The Bertz CT molecular complexity index is 445. The molecule has 0 aromatic rings. The predicted octanol–water partition coefficient (Wildman–Crippen LogP) is 2.56. The lowest BCUT2D eigenvalue weighted by atomic mass is 10.0. The summed E-state index contributed by atoms with van der Waals surface area (Å²) in [6.45, 7) is 10.6. The second kappa shape index (κ2) is 7.73. The molecule has 0 aliphatic rings. The van der Waals surface area contributed by atoms with Gasteiger partial charge in [0.05, 0.1) is 16.0 Å². The van der Waals surface area contributed by atoms with E-state index in [9.17, 15) is 13.8 Å². The van der Waals surface area contributed by atoms with E-state index in [0.717, 1.165) is 5.57 Å². The van der Waals surface area contributed by atoms with E-state index in [-0.39, 0.29) is 5.78 Å². The topological polar surface area (TPSA) is 72.5 Å². The molecule has 1 N–H and O–H groups in total. The highest BCUT2D eigenvalue weighted by atomic mass is 32.2. The lowest BCUT2D eigenvalue weighted by molar-refractivity contribution is -0.119. The average molecular weight is 318 g/mol. The number of nitrogens with one attached hydrogen (secondary N) is 1. The van der Waals surface area contributed by atoms with Crippen molar-refractivity contribution < 1.29 is 18.5 Å². The summed E-state index contributed by atoms with van der Waals surface area (Å²) in [7, 11) is -1.89. The first kappa shape index (κ1) is 19.8. The van der Waals surface area contributed by atoms with Gasteiger partial charge in [0.15, 0.2) is 5.78 Å². The first-order valence-electron chi connectivity index (χ1n) is 6.88. The fourth-order valence-corrected chi connectivity index (χ4v) is 2.87. The lowest BCUT2D eigenvalue weighted by Crippen LogP contribution is -2.42. The number of rotatable bonds is 7. The van der Waals surface area contributed by atoms with Gasteiger partial charge in [0, 0.05) is 0 Å². The smallest absolute Gasteiger partial charge is 0.408 e. The molecule has 0 aliphatic carbocycles. The highest BCUT2D eigenvalue weighted by Gasteiger charge is 2.23. The summed E-state index contributed by atoms with van der Waals surface area (Å²) in [4.78, 5) is 23.3. The Labute approximate surface area is 128 Å². The number of ketones is 1. The van der Waals surface area contributed by atoms with Gasteiger partial charge in [-0.3, -0.25) is 4.79 Å². The van der Waals surface area contributed by atoms with Crippen molar-refractivity contribution in [2.24, 2.45) is 0 Å². The Morgan fingerprint density at radius 3 is 2.19 bits per heavy atom. The summed E-state index contributed by atoms with van der Waals surface area (Å²) < 4.78 is 16.8. The van der Waals surface area contributed by atoms with E-state index in [4.69, 9.17) is 4.74 Å². The van der Waals surface area contributed by atoms with Gasteiger partial charge in [-0.2, -0.15) is 0 Å². The molecule has 0 fully saturated rings. The molecular formula is C15H28NO4S+. The maximum atomic E-state index is 11.7. The van der Waals surface area contributed by atoms with Gasteiger partial charge in [-0.25, -0.2) is 4.79 Å². The van der Waals surface area contributed by atoms with Crippen molar-refractivity contribution >= 4 is 21.8 Å². The maximum absolute atomic E-state index is 11.7. The predicted molar refractivity (Wildman–Crippen MR) is 87.0 cm³/mol. The molecular weight excluding hydrogens is 290 g/mol. The molecule has 122 valence electrons. The molecule has 0 unspecified atom stereocenters. The van der Waals surface area contributed by atoms with Crippen molar-refractivity contribution in [2.75, 3.05) is 18.3 Å². The van der Waals surface area contributed by atoms with Gasteiger partial charge in [0.2, 0.25) is 0 Å². The molecule has 21 heavy (non-hydrogen) atoms. The van der Waals surface area contributed by atoms with Crippen LogP contribution < -0.4 is 5.32 Å². The van der Waals surface area contributed by atoms with Crippen LogP contribution in [0, 0.1) is 0 Å². The Morgan fingerprint density at radius 1 is 1.29 bits per heavy atom. The van der Waals surface area contributed by atoms with Gasteiger partial charge in [-0.15, -0.1) is 4.21 Å². The summed E-state index contributed by atoms with van der Waals surface area (Å²) in [6.07, 6.45) is 3.73. The van der Waals surface area contributed by atoms with Crippen LogP contribution in [0.2, 0.25) is 0 Å². The van der Waals surface area contributed by atoms with E-state index in [1.165, 1.54) is 6.92 Å². The number of alkyl carbamates (subject to hydrolysis) is 1. The number of carbonyl (C=O) groups excluding carboxylic acids is 2. The largest absolute Gasteiger partial charge is 0.444 e. The molecule has 0 aromatic heterocycles. The van der Waals surface area contributed by atoms with Crippen molar-refractivity contribution in [3.63, 3.8) is 0 Å². The van der Waals surface area contributed by atoms with E-state index < -0.39 is 27.7 Å². The van der Waals surface area contributed by atoms with Crippen LogP contribution in [0.15, 0.2) is 12.2 Å². The van der Waals surface area contributed by atoms with E-state index in [0.29, 0.717) is 18.6 Å². The summed E-state index contributed by atoms with van der Waals surface area (Å²) in [5.41, 5.74) is 0.215. The summed E-state index contributed by atoms with van der Waals surface area (Å²) in [6, 6.07) is -0.610. The molecule has 1 atom stereocenters. The minimum atomic E-state index is -1.89. The van der Waals surface area contributed by atoms with Gasteiger partial charge in [0.25, 0.3) is 0 Å². The molecule has 0 aromatic carbocycles. The fraction of sp³-hybridized carbons (Fsp3) is 0.733. The Hall–Kier alpha value is -1.17. The van der Waals surface area contributed by atoms with Crippen LogP contribution in [0.4, 0.5) is 4.79 Å². The van der Waals surface area contributed by atoms with E-state index in [1.54, 1.807) is 33.3 Å². The molecule has 5 nitrogen and oxygen atoms in total. The van der Waals surface area contributed by atoms with Gasteiger partial charge >= 0.3 is 6.09 Å². The molecule has 0 saturated heterocycles. The maximum Gasteiger partial charge on any atom is 0.408 e. The molecule has 0 bridgehead atoms. The van der Waals surface area contributed by atoms with Crippen molar-refractivity contribution in [1.29, 1.82) is 0 Å². The van der Waals surface area contributed by atoms with Crippen LogP contribution in [-0.4, -0.2) is 41.8 Å². The highest BCUT2D eigenvalue weighted by Crippen LogP contribution is 2.12. The van der Waals surface area contributed by atoms with Crippen LogP contribution >= 0.6 is 0 Å². The van der Waals surface area contributed by atoms with Gasteiger partial charge in [0.1, 0.15) is 23.9 Å². The molecule has 0 radical (unpaired) electrons. The third-order valence-corrected chi connectivity index (χ3v) is 3.62. The second-order valence-corrected chi connectivity index (χ2v) is 9.84. The number of carbonyl (C=O) groups is 2.